The fourth-order valence-electron chi connectivity index (χ4n) is 3.11. The molecule has 1 aliphatic carbocycles. The van der Waals surface area contributed by atoms with Crippen LogP contribution in [0.15, 0.2) is 17.8 Å². The quantitative estimate of drug-likeness (QED) is 0.938. The van der Waals surface area contributed by atoms with Gasteiger partial charge >= 0.3 is 0 Å². The Morgan fingerprint density at radius 1 is 1.36 bits per heavy atom. The van der Waals surface area contributed by atoms with Crippen LogP contribution in [0.4, 0.5) is 0 Å². The van der Waals surface area contributed by atoms with Crippen LogP contribution in [0.25, 0.3) is 0 Å². The minimum absolute atomic E-state index is 0.0427. The van der Waals surface area contributed by atoms with E-state index in [1.807, 2.05) is 23.2 Å². The summed E-state index contributed by atoms with van der Waals surface area (Å²) in [7, 11) is 1.97. The van der Waals surface area contributed by atoms with Crippen LogP contribution in [-0.2, 0) is 19.9 Å². The molecule has 0 saturated carbocycles. The van der Waals surface area contributed by atoms with Crippen molar-refractivity contribution in [2.75, 3.05) is 0 Å². The number of thiophene rings is 1. The van der Waals surface area contributed by atoms with Gasteiger partial charge in [0.1, 0.15) is 5.82 Å². The highest BCUT2D eigenvalue weighted by atomic mass is 32.1. The van der Waals surface area contributed by atoms with Crippen LogP contribution in [0.2, 0.25) is 0 Å². The first-order chi connectivity index (χ1) is 10.6. The van der Waals surface area contributed by atoms with Crippen molar-refractivity contribution in [3.63, 3.8) is 0 Å². The smallest absolute Gasteiger partial charge is 0.253 e. The van der Waals surface area contributed by atoms with Crippen LogP contribution < -0.4 is 5.32 Å². The number of aromatic nitrogens is 2. The third-order valence-corrected chi connectivity index (χ3v) is 5.48. The lowest BCUT2D eigenvalue weighted by molar-refractivity contribution is 0.0921. The highest BCUT2D eigenvalue weighted by Gasteiger charge is 2.25. The van der Waals surface area contributed by atoms with E-state index in [2.05, 4.69) is 24.1 Å². The Kier molecular flexibility index (Phi) is 4.34. The lowest BCUT2D eigenvalue weighted by atomic mass is 9.95. The van der Waals surface area contributed by atoms with Crippen LogP contribution in [0.1, 0.15) is 59.4 Å². The number of aryl methyl sites for hydroxylation is 2. The van der Waals surface area contributed by atoms with Gasteiger partial charge in [0.15, 0.2) is 0 Å². The summed E-state index contributed by atoms with van der Waals surface area (Å²) in [5.74, 6) is 1.24. The Hall–Kier alpha value is -1.62. The molecule has 0 fully saturated rings. The molecule has 0 radical (unpaired) electrons. The standard InChI is InChI=1S/C17H23N3OS/c1-11(2)15(16-18-8-9-20(16)3)19-17(21)13-10-22-14-7-5-4-6-12(13)14/h8-11,15H,4-7H2,1-3H3,(H,19,21). The molecule has 1 unspecified atom stereocenters. The first-order valence-electron chi connectivity index (χ1n) is 7.95. The van der Waals surface area contributed by atoms with Crippen LogP contribution in [-0.4, -0.2) is 15.5 Å². The van der Waals surface area contributed by atoms with Crippen molar-refractivity contribution in [1.29, 1.82) is 0 Å². The average Bonchev–Trinajstić information content (AvgIpc) is 3.10. The van der Waals surface area contributed by atoms with Crippen molar-refractivity contribution in [2.45, 2.75) is 45.6 Å². The van der Waals surface area contributed by atoms with Crippen LogP contribution >= 0.6 is 11.3 Å². The van der Waals surface area contributed by atoms with E-state index in [-0.39, 0.29) is 11.9 Å². The number of nitrogens with one attached hydrogen (secondary N) is 1. The minimum atomic E-state index is -0.0633. The molecule has 0 aromatic carbocycles. The molecular formula is C17H23N3OS. The van der Waals surface area contributed by atoms with E-state index >= 15 is 0 Å². The number of amides is 1. The van der Waals surface area contributed by atoms with E-state index in [0.717, 1.165) is 24.2 Å². The van der Waals surface area contributed by atoms with E-state index in [0.29, 0.717) is 5.92 Å². The maximum Gasteiger partial charge on any atom is 0.253 e. The first kappa shape index (κ1) is 15.3. The summed E-state index contributed by atoms with van der Waals surface area (Å²) in [5.41, 5.74) is 2.15. The molecule has 4 nitrogen and oxygen atoms in total. The molecular weight excluding hydrogens is 294 g/mol. The summed E-state index contributed by atoms with van der Waals surface area (Å²) in [5, 5.41) is 5.23. The topological polar surface area (TPSA) is 46.9 Å². The lowest BCUT2D eigenvalue weighted by Gasteiger charge is -2.22. The van der Waals surface area contributed by atoms with Gasteiger partial charge in [0, 0.05) is 29.7 Å². The van der Waals surface area contributed by atoms with Gasteiger partial charge in [-0.15, -0.1) is 11.3 Å². The molecule has 0 saturated heterocycles. The summed E-state index contributed by atoms with van der Waals surface area (Å²) in [6, 6.07) is -0.0633. The van der Waals surface area contributed by atoms with Gasteiger partial charge in [-0.3, -0.25) is 4.79 Å². The summed E-state index contributed by atoms with van der Waals surface area (Å²) in [6.45, 7) is 4.23. The molecule has 0 spiro atoms. The number of carbonyl (C=O) groups excluding carboxylic acids is 1. The highest BCUT2D eigenvalue weighted by Crippen LogP contribution is 2.31. The number of rotatable bonds is 4. The van der Waals surface area contributed by atoms with Gasteiger partial charge in [0.25, 0.3) is 5.91 Å². The van der Waals surface area contributed by atoms with Crippen LogP contribution in [0, 0.1) is 5.92 Å². The summed E-state index contributed by atoms with van der Waals surface area (Å²) < 4.78 is 1.98. The maximum absolute atomic E-state index is 12.8. The zero-order chi connectivity index (χ0) is 15.7. The molecule has 3 rings (SSSR count). The van der Waals surface area contributed by atoms with E-state index in [1.54, 1.807) is 17.5 Å². The number of imidazole rings is 1. The summed E-state index contributed by atoms with van der Waals surface area (Å²) in [4.78, 5) is 18.6. The number of hydrogen-bond acceptors (Lipinski definition) is 3. The number of carbonyl (C=O) groups is 1. The molecule has 2 heterocycles. The molecule has 1 N–H and O–H groups in total. The lowest BCUT2D eigenvalue weighted by Crippen LogP contribution is -2.33. The predicted molar refractivity (Wildman–Crippen MR) is 89.2 cm³/mol. The molecule has 22 heavy (non-hydrogen) atoms. The van der Waals surface area contributed by atoms with E-state index in [4.69, 9.17) is 0 Å². The van der Waals surface area contributed by atoms with Crippen molar-refractivity contribution < 1.29 is 4.79 Å². The van der Waals surface area contributed by atoms with Gasteiger partial charge in [0.2, 0.25) is 0 Å². The highest BCUT2D eigenvalue weighted by molar-refractivity contribution is 7.10. The molecule has 2 aromatic heterocycles. The first-order valence-corrected chi connectivity index (χ1v) is 8.83. The third kappa shape index (κ3) is 2.82. The van der Waals surface area contributed by atoms with Crippen molar-refractivity contribution in [3.05, 3.63) is 39.6 Å². The average molecular weight is 317 g/mol. The largest absolute Gasteiger partial charge is 0.342 e. The Balaban J connectivity index is 1.83. The van der Waals surface area contributed by atoms with E-state index in [9.17, 15) is 4.79 Å². The molecule has 0 aliphatic heterocycles. The van der Waals surface area contributed by atoms with Crippen molar-refractivity contribution in [2.24, 2.45) is 13.0 Å². The molecule has 1 atom stereocenters. The minimum Gasteiger partial charge on any atom is -0.342 e. The Morgan fingerprint density at radius 3 is 2.82 bits per heavy atom. The van der Waals surface area contributed by atoms with Crippen molar-refractivity contribution >= 4 is 17.2 Å². The molecule has 0 bridgehead atoms. The van der Waals surface area contributed by atoms with Crippen LogP contribution in [0.5, 0.6) is 0 Å². The Morgan fingerprint density at radius 2 is 2.14 bits per heavy atom. The molecule has 2 aromatic rings. The van der Waals surface area contributed by atoms with Crippen LogP contribution in [0.3, 0.4) is 0 Å². The second-order valence-electron chi connectivity index (χ2n) is 6.35. The fourth-order valence-corrected chi connectivity index (χ4v) is 4.24. The SMILES string of the molecule is CC(C)C(NC(=O)c1csc2c1CCCC2)c1nccn1C. The number of fused-ring (bicyclic) bond motifs is 1. The summed E-state index contributed by atoms with van der Waals surface area (Å²) >= 11 is 1.73. The van der Waals surface area contributed by atoms with Crippen molar-refractivity contribution in [3.8, 4) is 0 Å². The predicted octanol–water partition coefficient (Wildman–Crippen LogP) is 3.49. The molecule has 118 valence electrons. The molecule has 1 amide bonds. The summed E-state index contributed by atoms with van der Waals surface area (Å²) in [6.07, 6.45) is 8.30. The van der Waals surface area contributed by atoms with E-state index < -0.39 is 0 Å². The Labute approximate surface area is 135 Å². The number of hydrogen-bond donors (Lipinski definition) is 1. The van der Waals surface area contributed by atoms with Crippen molar-refractivity contribution in [1.82, 2.24) is 14.9 Å². The second-order valence-corrected chi connectivity index (χ2v) is 7.31. The fraction of sp³-hybridized carbons (Fsp3) is 0.529. The second kappa shape index (κ2) is 6.24. The van der Waals surface area contributed by atoms with Gasteiger partial charge < -0.3 is 9.88 Å². The van der Waals surface area contributed by atoms with E-state index in [1.165, 1.54) is 23.3 Å². The zero-order valence-corrected chi connectivity index (χ0v) is 14.2. The normalized spacial score (nSPS) is 15.6. The van der Waals surface area contributed by atoms with Gasteiger partial charge in [-0.25, -0.2) is 4.98 Å². The van der Waals surface area contributed by atoms with Gasteiger partial charge in [-0.05, 0) is 37.2 Å². The molecule has 5 heteroatoms. The third-order valence-electron chi connectivity index (χ3n) is 4.40. The van der Waals surface area contributed by atoms with Gasteiger partial charge in [-0.2, -0.15) is 0 Å². The Bertz CT molecular complexity index is 671. The zero-order valence-electron chi connectivity index (χ0n) is 13.4. The molecule has 1 aliphatic rings. The van der Waals surface area contributed by atoms with Gasteiger partial charge in [-0.1, -0.05) is 13.8 Å². The van der Waals surface area contributed by atoms with Gasteiger partial charge in [0.05, 0.1) is 11.6 Å². The number of nitrogens with zero attached hydrogens (tertiary/aromatic N) is 2. The maximum atomic E-state index is 12.8. The monoisotopic (exact) mass is 317 g/mol.